The normalized spacial score (nSPS) is 11.8. The number of fused-ring (bicyclic) bond motifs is 27. The van der Waals surface area contributed by atoms with Gasteiger partial charge in [-0.15, -0.1) is 0 Å². The zero-order valence-electron chi connectivity index (χ0n) is 70.9. The molecule has 0 aliphatic heterocycles. The topological polar surface area (TPSA) is 103 Å². The zero-order valence-corrected chi connectivity index (χ0v) is 70.9. The van der Waals surface area contributed by atoms with E-state index in [4.69, 9.17) is 17.7 Å². The zero-order chi connectivity index (χ0) is 85.4. The molecule has 11 heteroatoms. The van der Waals surface area contributed by atoms with Gasteiger partial charge in [-0.1, -0.05) is 242 Å². The van der Waals surface area contributed by atoms with Gasteiger partial charge in [0.25, 0.3) is 0 Å². The number of pyridine rings is 2. The van der Waals surface area contributed by atoms with Gasteiger partial charge in [0.2, 0.25) is 5.71 Å². The lowest BCUT2D eigenvalue weighted by Crippen LogP contribution is -1.94. The average Bonchev–Trinajstić information content (AvgIpc) is 1.59. The quantitative estimate of drug-likeness (QED) is 0.170. The number of rotatable bonds is 5. The van der Waals surface area contributed by atoms with Crippen molar-refractivity contribution in [2.24, 2.45) is 0 Å². The van der Waals surface area contributed by atoms with Crippen LogP contribution in [-0.4, -0.2) is 32.8 Å². The first kappa shape index (κ1) is 75.0. The molecular formula is C117H81N7O4. The van der Waals surface area contributed by atoms with Crippen molar-refractivity contribution in [1.82, 2.24) is 32.8 Å². The van der Waals surface area contributed by atoms with Gasteiger partial charge in [-0.05, 0) is 203 Å². The molecule has 28 rings (SSSR count). The summed E-state index contributed by atoms with van der Waals surface area (Å²) in [7, 11) is 0. The van der Waals surface area contributed by atoms with E-state index in [-0.39, 0.29) is 0 Å². The highest BCUT2D eigenvalue weighted by Crippen LogP contribution is 2.43. The first-order valence-electron chi connectivity index (χ1n) is 43.5. The third-order valence-electron chi connectivity index (χ3n) is 25.6. The van der Waals surface area contributed by atoms with E-state index in [2.05, 4.69) is 443 Å². The molecule has 0 atom stereocenters. The number of benzene rings is 17. The van der Waals surface area contributed by atoms with Crippen LogP contribution in [0.2, 0.25) is 0 Å². The fourth-order valence-electron chi connectivity index (χ4n) is 19.8. The lowest BCUT2D eigenvalue weighted by molar-refractivity contribution is 0.651. The summed E-state index contributed by atoms with van der Waals surface area (Å²) in [4.78, 5) is 9.00. The van der Waals surface area contributed by atoms with Crippen LogP contribution in [0.4, 0.5) is 0 Å². The highest BCUT2D eigenvalue weighted by molar-refractivity contribution is 6.16. The van der Waals surface area contributed by atoms with Crippen molar-refractivity contribution in [2.45, 2.75) is 34.6 Å². The molecule has 0 saturated carbocycles. The minimum absolute atomic E-state index is 0.684. The Morgan fingerprint density at radius 2 is 0.469 bits per heavy atom. The van der Waals surface area contributed by atoms with Crippen LogP contribution in [0.5, 0.6) is 0 Å². The molecule has 0 bridgehead atoms. The van der Waals surface area contributed by atoms with E-state index in [1.165, 1.54) is 142 Å². The van der Waals surface area contributed by atoms with Crippen LogP contribution < -0.4 is 0 Å². The second-order valence-corrected chi connectivity index (χ2v) is 33.4. The summed E-state index contributed by atoms with van der Waals surface area (Å²) in [5.74, 6) is 0. The smallest absolute Gasteiger partial charge is 0.227 e. The van der Waals surface area contributed by atoms with E-state index in [9.17, 15) is 0 Å². The van der Waals surface area contributed by atoms with Crippen molar-refractivity contribution < 1.29 is 17.7 Å². The van der Waals surface area contributed by atoms with Gasteiger partial charge in [-0.25, -0.2) is 4.98 Å². The summed E-state index contributed by atoms with van der Waals surface area (Å²) in [6, 6.07) is 137. The van der Waals surface area contributed by atoms with Gasteiger partial charge in [0, 0.05) is 121 Å². The predicted octanol–water partition coefficient (Wildman–Crippen LogP) is 31.8. The van der Waals surface area contributed by atoms with Crippen molar-refractivity contribution in [2.75, 3.05) is 0 Å². The molecule has 17 aromatic carbocycles. The molecule has 0 amide bonds. The second kappa shape index (κ2) is 30.3. The molecule has 128 heavy (non-hydrogen) atoms. The molecule has 11 heterocycles. The van der Waals surface area contributed by atoms with E-state index in [1.807, 2.05) is 25.4 Å². The maximum absolute atomic E-state index is 6.12. The number of para-hydroxylation sites is 12. The van der Waals surface area contributed by atoms with Crippen LogP contribution in [0.1, 0.15) is 27.9 Å². The molecule has 608 valence electrons. The van der Waals surface area contributed by atoms with Gasteiger partial charge in [-0.3, -0.25) is 4.98 Å². The largest absolute Gasteiger partial charge is 0.456 e. The number of hydrogen-bond acceptors (Lipinski definition) is 6. The Kier molecular flexibility index (Phi) is 17.8. The molecule has 11 nitrogen and oxygen atoms in total. The number of hydrogen-bond donors (Lipinski definition) is 0. The Morgan fingerprint density at radius 1 is 0.188 bits per heavy atom. The SMILES string of the molecule is Cc1ccc2oc3ccc(-n4c5ccccc5c5ccccc54)cc3c2c1.Cc1cccc(-n2c3ccccc3c3ccccc32)c1.Cc1cccc2c1oc1ccc(-n3c4ccccc4c4ccccc43)cc12.Cc1cccc2c1oc1ncc(-n3c4ccccc4c4ccccc43)cc12.Cc1nccc2c1oc1ccc(-n3c4ccccc4c4ccccc43)cc12. The summed E-state index contributed by atoms with van der Waals surface area (Å²) < 4.78 is 35.9. The van der Waals surface area contributed by atoms with Crippen molar-refractivity contribution in [3.05, 3.63) is 429 Å². The van der Waals surface area contributed by atoms with Gasteiger partial charge in [0.15, 0.2) is 5.58 Å². The van der Waals surface area contributed by atoms with Crippen LogP contribution in [-0.2, 0) is 0 Å². The Labute approximate surface area is 734 Å². The average molecular weight is 1650 g/mol. The molecule has 11 aromatic heterocycles. The summed E-state index contributed by atoms with van der Waals surface area (Å²) >= 11 is 0. The molecule has 0 fully saturated rings. The number of nitrogens with zero attached hydrogens (tertiary/aromatic N) is 7. The Balaban J connectivity index is 0.0000000894. The first-order chi connectivity index (χ1) is 63.1. The first-order valence-corrected chi connectivity index (χ1v) is 43.5. The highest BCUT2D eigenvalue weighted by atomic mass is 16.3. The molecule has 0 aliphatic rings. The Hall–Kier alpha value is -16.8. The van der Waals surface area contributed by atoms with Crippen molar-refractivity contribution in [3.8, 4) is 28.4 Å². The molecular weight excluding hydrogens is 1570 g/mol. The predicted molar refractivity (Wildman–Crippen MR) is 532 cm³/mol. The minimum Gasteiger partial charge on any atom is -0.456 e. The van der Waals surface area contributed by atoms with Crippen LogP contribution in [0.3, 0.4) is 0 Å². The lowest BCUT2D eigenvalue weighted by atomic mass is 10.1. The standard InChI is InChI=1S/2C25H17NO.2C24H16N2O.C19H15N/c1-16-7-6-10-20-21-15-17(13-14-24(21)27-25(16)20)26-22-11-4-2-8-18(22)19-9-3-5-12-23(19)26;1-16-10-12-24-20(14-16)21-15-17(11-13-25(21)27-24)26-22-8-4-2-6-18(22)19-7-3-5-9-23(19)26;1-15-7-6-10-19-20-13-16(14-25-24(20)27-23(15)19)26-21-11-4-2-8-17(21)18-9-3-5-12-22(18)26;1-15-24-19(12-13-25-15)20-14-16(10-11-23(20)27-24)26-21-8-4-2-6-17(21)18-7-3-5-9-22(18)26;1-14-7-6-8-15(13-14)20-18-11-4-2-9-16(18)17-10-3-5-12-19(17)20/h2*2-15H,1H3;2*2-14H,1H3;2-13H,1H3. The molecule has 0 N–H and O–H groups in total. The summed E-state index contributed by atoms with van der Waals surface area (Å²) in [5, 5.41) is 21.8. The van der Waals surface area contributed by atoms with Crippen LogP contribution in [0, 0.1) is 34.6 Å². The number of aromatic nitrogens is 7. The molecule has 0 unspecified atom stereocenters. The van der Waals surface area contributed by atoms with Gasteiger partial charge in [0.05, 0.1) is 78.1 Å². The van der Waals surface area contributed by atoms with Gasteiger partial charge in [-0.2, -0.15) is 0 Å². The van der Waals surface area contributed by atoms with E-state index < -0.39 is 0 Å². The summed E-state index contributed by atoms with van der Waals surface area (Å²) in [6.45, 7) is 10.4. The summed E-state index contributed by atoms with van der Waals surface area (Å²) in [6.07, 6.45) is 3.75. The fraction of sp³-hybridized carbons (Fsp3) is 0.0427. The molecule has 0 radical (unpaired) electrons. The van der Waals surface area contributed by atoms with Crippen molar-refractivity contribution in [1.29, 1.82) is 0 Å². The monoisotopic (exact) mass is 1650 g/mol. The molecule has 28 aromatic rings. The summed E-state index contributed by atoms with van der Waals surface area (Å²) in [5.41, 5.74) is 30.8. The van der Waals surface area contributed by atoms with Crippen LogP contribution in [0.25, 0.3) is 225 Å². The van der Waals surface area contributed by atoms with E-state index in [1.54, 1.807) is 0 Å². The number of furan rings is 4. The Morgan fingerprint density at radius 3 is 0.859 bits per heavy atom. The highest BCUT2D eigenvalue weighted by Gasteiger charge is 2.22. The van der Waals surface area contributed by atoms with Crippen LogP contribution >= 0.6 is 0 Å². The third-order valence-corrected chi connectivity index (χ3v) is 25.6. The van der Waals surface area contributed by atoms with Crippen LogP contribution in [0.15, 0.2) is 418 Å². The molecule has 0 saturated heterocycles. The van der Waals surface area contributed by atoms with Gasteiger partial charge < -0.3 is 40.5 Å². The molecule has 0 aliphatic carbocycles. The lowest BCUT2D eigenvalue weighted by Gasteiger charge is -2.08. The van der Waals surface area contributed by atoms with Gasteiger partial charge >= 0.3 is 0 Å². The molecule has 0 spiro atoms. The fourth-order valence-corrected chi connectivity index (χ4v) is 19.8. The van der Waals surface area contributed by atoms with E-state index in [0.29, 0.717) is 5.71 Å². The van der Waals surface area contributed by atoms with Crippen molar-refractivity contribution >= 4 is 197 Å². The minimum atomic E-state index is 0.684. The maximum atomic E-state index is 6.12. The number of aryl methyl sites for hydroxylation is 5. The van der Waals surface area contributed by atoms with Crippen molar-refractivity contribution in [3.63, 3.8) is 0 Å². The maximum Gasteiger partial charge on any atom is 0.227 e. The second-order valence-electron chi connectivity index (χ2n) is 33.4. The van der Waals surface area contributed by atoms with Gasteiger partial charge in [0.1, 0.15) is 33.5 Å². The van der Waals surface area contributed by atoms with E-state index >= 15 is 0 Å². The Bertz CT molecular complexity index is 8320. The van der Waals surface area contributed by atoms with E-state index in [0.717, 1.165) is 105 Å². The third kappa shape index (κ3) is 12.3.